The number of aromatic amines is 1. The van der Waals surface area contributed by atoms with E-state index in [9.17, 15) is 4.79 Å². The molecule has 0 saturated carbocycles. The Hall–Kier alpha value is -2.79. The second-order valence-corrected chi connectivity index (χ2v) is 7.47. The lowest BCUT2D eigenvalue weighted by Gasteiger charge is -2.25. The van der Waals surface area contributed by atoms with E-state index in [0.717, 1.165) is 18.4 Å². The summed E-state index contributed by atoms with van der Waals surface area (Å²) in [6, 6.07) is 18.8. The van der Waals surface area contributed by atoms with Crippen LogP contribution in [0, 0.1) is 6.92 Å². The van der Waals surface area contributed by atoms with Crippen molar-refractivity contribution in [3.8, 4) is 0 Å². The number of carbonyl (C=O) groups excluding carboxylic acids is 1. The predicted molar refractivity (Wildman–Crippen MR) is 116 cm³/mol. The van der Waals surface area contributed by atoms with Crippen LogP contribution in [-0.4, -0.2) is 49.1 Å². The van der Waals surface area contributed by atoms with Crippen LogP contribution >= 0.6 is 0 Å². The van der Waals surface area contributed by atoms with E-state index < -0.39 is 0 Å². The summed E-state index contributed by atoms with van der Waals surface area (Å²) in [6.45, 7) is 3.31. The van der Waals surface area contributed by atoms with Crippen molar-refractivity contribution in [1.29, 1.82) is 0 Å². The molecule has 1 heterocycles. The lowest BCUT2D eigenvalue weighted by molar-refractivity contribution is 0.232. The Morgan fingerprint density at radius 1 is 1.04 bits per heavy atom. The fourth-order valence-electron chi connectivity index (χ4n) is 3.55. The summed E-state index contributed by atoms with van der Waals surface area (Å²) in [5.41, 5.74) is 4.86. The monoisotopic (exact) mass is 378 g/mol. The Bertz CT molecular complexity index is 901. The number of hydrogen-bond donors (Lipinski definition) is 3. The van der Waals surface area contributed by atoms with Gasteiger partial charge in [-0.1, -0.05) is 48.5 Å². The number of amides is 2. The highest BCUT2D eigenvalue weighted by atomic mass is 16.2. The number of fused-ring (bicyclic) bond motifs is 1. The zero-order chi connectivity index (χ0) is 19.9. The number of likely N-dealkylation sites (N-methyl/N-ethyl adjacent to an activating group) is 1. The summed E-state index contributed by atoms with van der Waals surface area (Å²) in [7, 11) is 4.10. The Morgan fingerprint density at radius 2 is 1.75 bits per heavy atom. The normalized spacial score (nSPS) is 12.3. The zero-order valence-corrected chi connectivity index (χ0v) is 17.0. The second kappa shape index (κ2) is 9.42. The molecule has 2 amide bonds. The van der Waals surface area contributed by atoms with E-state index in [1.165, 1.54) is 22.2 Å². The van der Waals surface area contributed by atoms with Gasteiger partial charge in [-0.15, -0.1) is 0 Å². The minimum Gasteiger partial charge on any atom is -0.358 e. The molecular weight excluding hydrogens is 348 g/mol. The first-order chi connectivity index (χ1) is 13.5. The maximum atomic E-state index is 12.3. The number of rotatable bonds is 8. The number of nitrogens with one attached hydrogen (secondary N) is 3. The standard InChI is InChI=1S/C23H30N4O/c1-17-20(21-11-7-8-12-22(21)26-17)13-14-24-23(28)25-16-19(27(2)3)15-18-9-5-4-6-10-18/h4-12,19,26H,13-16H2,1-3H3,(H2,24,25,28). The second-order valence-electron chi connectivity index (χ2n) is 7.47. The number of aryl methyl sites for hydroxylation is 1. The van der Waals surface area contributed by atoms with Gasteiger partial charge in [0.25, 0.3) is 0 Å². The average molecular weight is 379 g/mol. The molecule has 0 aliphatic rings. The molecule has 1 unspecified atom stereocenters. The molecule has 0 bridgehead atoms. The van der Waals surface area contributed by atoms with Crippen LogP contribution in [0.2, 0.25) is 0 Å². The third kappa shape index (κ3) is 5.14. The van der Waals surface area contributed by atoms with Gasteiger partial charge in [0.05, 0.1) is 0 Å². The van der Waals surface area contributed by atoms with E-state index in [0.29, 0.717) is 13.1 Å². The number of H-pyrrole nitrogens is 1. The lowest BCUT2D eigenvalue weighted by Crippen LogP contribution is -2.45. The van der Waals surface area contributed by atoms with Gasteiger partial charge in [0.1, 0.15) is 0 Å². The molecule has 0 saturated heterocycles. The Kier molecular flexibility index (Phi) is 6.71. The summed E-state index contributed by atoms with van der Waals surface area (Å²) in [5, 5.41) is 7.24. The maximum Gasteiger partial charge on any atom is 0.314 e. The van der Waals surface area contributed by atoms with Crippen molar-refractivity contribution in [1.82, 2.24) is 20.5 Å². The quantitative estimate of drug-likeness (QED) is 0.562. The molecule has 5 nitrogen and oxygen atoms in total. The van der Waals surface area contributed by atoms with Gasteiger partial charge >= 0.3 is 6.03 Å². The van der Waals surface area contributed by atoms with Crippen LogP contribution in [-0.2, 0) is 12.8 Å². The molecule has 1 atom stereocenters. The minimum atomic E-state index is -0.114. The van der Waals surface area contributed by atoms with Crippen molar-refractivity contribution >= 4 is 16.9 Å². The molecule has 3 rings (SSSR count). The molecule has 0 radical (unpaired) electrons. The number of para-hydroxylation sites is 1. The molecule has 0 spiro atoms. The summed E-state index contributed by atoms with van der Waals surface area (Å²) >= 11 is 0. The van der Waals surface area contributed by atoms with Gasteiger partial charge in [0.2, 0.25) is 0 Å². The minimum absolute atomic E-state index is 0.114. The van der Waals surface area contributed by atoms with Gasteiger partial charge < -0.3 is 20.5 Å². The van der Waals surface area contributed by atoms with Crippen molar-refractivity contribution in [3.63, 3.8) is 0 Å². The number of hydrogen-bond acceptors (Lipinski definition) is 2. The molecule has 1 aromatic heterocycles. The van der Waals surface area contributed by atoms with E-state index in [-0.39, 0.29) is 12.1 Å². The molecule has 3 aromatic rings. The van der Waals surface area contributed by atoms with Gasteiger partial charge in [0.15, 0.2) is 0 Å². The van der Waals surface area contributed by atoms with Crippen molar-refractivity contribution in [2.45, 2.75) is 25.8 Å². The first kappa shape index (κ1) is 20.0. The number of benzene rings is 2. The van der Waals surface area contributed by atoms with Crippen LogP contribution in [0.4, 0.5) is 4.79 Å². The molecule has 5 heteroatoms. The summed E-state index contributed by atoms with van der Waals surface area (Å²) in [6.07, 6.45) is 1.72. The Balaban J connectivity index is 1.47. The molecule has 2 aromatic carbocycles. The smallest absolute Gasteiger partial charge is 0.314 e. The Morgan fingerprint density at radius 3 is 2.50 bits per heavy atom. The zero-order valence-electron chi connectivity index (χ0n) is 17.0. The van der Waals surface area contributed by atoms with Crippen molar-refractivity contribution in [2.75, 3.05) is 27.2 Å². The molecule has 0 aliphatic carbocycles. The van der Waals surface area contributed by atoms with E-state index in [1.807, 2.05) is 32.3 Å². The molecule has 0 aliphatic heterocycles. The van der Waals surface area contributed by atoms with E-state index >= 15 is 0 Å². The fourth-order valence-corrected chi connectivity index (χ4v) is 3.55. The number of urea groups is 1. The molecule has 3 N–H and O–H groups in total. The lowest BCUT2D eigenvalue weighted by atomic mass is 10.1. The van der Waals surface area contributed by atoms with Crippen LogP contribution in [0.5, 0.6) is 0 Å². The highest BCUT2D eigenvalue weighted by Crippen LogP contribution is 2.21. The van der Waals surface area contributed by atoms with E-state index in [1.54, 1.807) is 0 Å². The molecule has 0 fully saturated rings. The van der Waals surface area contributed by atoms with Gasteiger partial charge in [-0.05, 0) is 51.1 Å². The first-order valence-electron chi connectivity index (χ1n) is 9.83. The van der Waals surface area contributed by atoms with Crippen LogP contribution in [0.3, 0.4) is 0 Å². The van der Waals surface area contributed by atoms with Crippen molar-refractivity contribution in [2.24, 2.45) is 0 Å². The topological polar surface area (TPSA) is 60.2 Å². The van der Waals surface area contributed by atoms with Gasteiger partial charge in [-0.3, -0.25) is 0 Å². The SMILES string of the molecule is Cc1[nH]c2ccccc2c1CCNC(=O)NCC(Cc1ccccc1)N(C)C. The third-order valence-corrected chi connectivity index (χ3v) is 5.23. The Labute approximate surface area is 167 Å². The summed E-state index contributed by atoms with van der Waals surface area (Å²) in [5.74, 6) is 0. The fraction of sp³-hybridized carbons (Fsp3) is 0.348. The molecule has 148 valence electrons. The predicted octanol–water partition coefficient (Wildman–Crippen LogP) is 3.49. The van der Waals surface area contributed by atoms with Crippen molar-refractivity contribution < 1.29 is 4.79 Å². The number of nitrogens with zero attached hydrogens (tertiary/aromatic N) is 1. The number of aromatic nitrogens is 1. The molecule has 28 heavy (non-hydrogen) atoms. The third-order valence-electron chi connectivity index (χ3n) is 5.23. The van der Waals surface area contributed by atoms with Crippen LogP contribution in [0.25, 0.3) is 10.9 Å². The largest absolute Gasteiger partial charge is 0.358 e. The first-order valence-corrected chi connectivity index (χ1v) is 9.83. The maximum absolute atomic E-state index is 12.3. The summed E-state index contributed by atoms with van der Waals surface area (Å²) < 4.78 is 0. The van der Waals surface area contributed by atoms with Crippen molar-refractivity contribution in [3.05, 3.63) is 71.4 Å². The van der Waals surface area contributed by atoms with Gasteiger partial charge in [0, 0.05) is 35.7 Å². The number of carbonyl (C=O) groups is 1. The summed E-state index contributed by atoms with van der Waals surface area (Å²) in [4.78, 5) is 17.8. The van der Waals surface area contributed by atoms with E-state index in [4.69, 9.17) is 0 Å². The highest BCUT2D eigenvalue weighted by molar-refractivity contribution is 5.84. The van der Waals surface area contributed by atoms with Crippen LogP contribution < -0.4 is 10.6 Å². The van der Waals surface area contributed by atoms with E-state index in [2.05, 4.69) is 63.8 Å². The molecular formula is C23H30N4O. The van der Waals surface area contributed by atoms with Crippen LogP contribution in [0.1, 0.15) is 16.8 Å². The highest BCUT2D eigenvalue weighted by Gasteiger charge is 2.14. The van der Waals surface area contributed by atoms with Crippen LogP contribution in [0.15, 0.2) is 54.6 Å². The average Bonchev–Trinajstić information content (AvgIpc) is 3.01. The van der Waals surface area contributed by atoms with Gasteiger partial charge in [-0.2, -0.15) is 0 Å². The van der Waals surface area contributed by atoms with Gasteiger partial charge in [-0.25, -0.2) is 4.79 Å².